The Bertz CT molecular complexity index is 2070. The van der Waals surface area contributed by atoms with E-state index in [4.69, 9.17) is 46.7 Å². The Kier molecular flexibility index (Phi) is 14.3. The topological polar surface area (TPSA) is 151 Å². The van der Waals surface area contributed by atoms with Crippen LogP contribution in [0, 0.1) is 11.6 Å². The maximum absolute atomic E-state index is 15.5. The molecule has 0 N–H and O–H groups in total. The number of furan rings is 2. The number of carbonyl (C=O) groups is 3. The van der Waals surface area contributed by atoms with Gasteiger partial charge in [-0.2, -0.15) is 8.78 Å². The van der Waals surface area contributed by atoms with E-state index in [2.05, 4.69) is 0 Å². The van der Waals surface area contributed by atoms with Crippen LogP contribution in [0.3, 0.4) is 0 Å². The molecule has 4 aromatic carbocycles. The van der Waals surface area contributed by atoms with Gasteiger partial charge in [-0.25, -0.2) is 14.4 Å². The van der Waals surface area contributed by atoms with Gasteiger partial charge in [-0.3, -0.25) is 0 Å². The second-order valence-electron chi connectivity index (χ2n) is 12.2. The molecule has 13 nitrogen and oxygen atoms in total. The van der Waals surface area contributed by atoms with Crippen molar-refractivity contribution in [2.24, 2.45) is 0 Å². The van der Waals surface area contributed by atoms with Crippen LogP contribution in [0.1, 0.15) is 33.8 Å². The fourth-order valence-corrected chi connectivity index (χ4v) is 5.18. The summed E-state index contributed by atoms with van der Waals surface area (Å²) in [6.07, 6.45) is -3.17. The first-order valence-corrected chi connectivity index (χ1v) is 17.8. The second-order valence-corrected chi connectivity index (χ2v) is 12.2. The van der Waals surface area contributed by atoms with Crippen molar-refractivity contribution in [2.45, 2.75) is 39.3 Å². The van der Waals surface area contributed by atoms with E-state index in [-0.39, 0.29) is 26.4 Å². The van der Waals surface area contributed by atoms with Crippen LogP contribution in [0.4, 0.5) is 23.2 Å². The molecule has 0 saturated carbocycles. The van der Waals surface area contributed by atoms with Crippen molar-refractivity contribution in [3.63, 3.8) is 0 Å². The molecule has 0 radical (unpaired) electrons. The van der Waals surface area contributed by atoms with Gasteiger partial charge in [0.15, 0.2) is 24.7 Å². The Morgan fingerprint density at radius 3 is 1.12 bits per heavy atom. The number of hydrogen-bond donors (Lipinski definition) is 0. The highest BCUT2D eigenvalue weighted by atomic mass is 19.1. The average molecular weight is 799 g/mol. The molecule has 0 aliphatic rings. The lowest BCUT2D eigenvalue weighted by molar-refractivity contribution is 0.0328. The molecule has 2 heterocycles. The van der Waals surface area contributed by atoms with Gasteiger partial charge in [0, 0.05) is 12.8 Å². The molecular weight excluding hydrogens is 762 g/mol. The van der Waals surface area contributed by atoms with Gasteiger partial charge in [0.25, 0.3) is 0 Å². The lowest BCUT2D eigenvalue weighted by Gasteiger charge is -2.08. The largest absolute Gasteiger partial charge is 0.514 e. The standard InChI is InChI=1S/C43H36F2O13/c44-35-37(57-42(47)51-25-31-17-9-3-10-18-31)33(55-39(35)49-23-21-29-13-5-1-6-14-29)27-53-41(46)54-28-34-38(58-43(48)52-26-32-19-11-4-12-20-32)36(45)40(56-34)50-24-22-30-15-7-2-8-16-30/h1-20H,21-28H2. The molecule has 6 aromatic rings. The van der Waals surface area contributed by atoms with Crippen molar-refractivity contribution in [2.75, 3.05) is 13.2 Å². The van der Waals surface area contributed by atoms with E-state index in [1.165, 1.54) is 0 Å². The average Bonchev–Trinajstić information content (AvgIpc) is 3.71. The molecule has 0 atom stereocenters. The molecule has 0 amide bonds. The minimum atomic E-state index is -1.39. The fourth-order valence-electron chi connectivity index (χ4n) is 5.18. The van der Waals surface area contributed by atoms with Crippen LogP contribution in [0.2, 0.25) is 0 Å². The molecule has 0 aliphatic heterocycles. The van der Waals surface area contributed by atoms with Gasteiger partial charge in [-0.1, -0.05) is 121 Å². The summed E-state index contributed by atoms with van der Waals surface area (Å²) >= 11 is 0. The van der Waals surface area contributed by atoms with Crippen LogP contribution in [0.5, 0.6) is 23.4 Å². The van der Waals surface area contributed by atoms with Crippen LogP contribution >= 0.6 is 0 Å². The third kappa shape index (κ3) is 11.9. The van der Waals surface area contributed by atoms with Crippen molar-refractivity contribution in [1.29, 1.82) is 0 Å². The van der Waals surface area contributed by atoms with Gasteiger partial charge < -0.3 is 46.7 Å². The highest BCUT2D eigenvalue weighted by Gasteiger charge is 2.30. The number of hydrogen-bond acceptors (Lipinski definition) is 13. The summed E-state index contributed by atoms with van der Waals surface area (Å²) in [5.74, 6) is -6.10. The first-order chi connectivity index (χ1) is 28.3. The number of rotatable bonds is 18. The molecule has 0 bridgehead atoms. The lowest BCUT2D eigenvalue weighted by atomic mass is 10.2. The minimum Gasteiger partial charge on any atom is -0.463 e. The van der Waals surface area contributed by atoms with Gasteiger partial charge in [0.2, 0.25) is 23.1 Å². The Morgan fingerprint density at radius 1 is 0.431 bits per heavy atom. The molecule has 0 spiro atoms. The third-order valence-electron chi connectivity index (χ3n) is 8.04. The highest BCUT2D eigenvalue weighted by Crippen LogP contribution is 2.37. The van der Waals surface area contributed by atoms with Gasteiger partial charge in [-0.15, -0.1) is 0 Å². The Morgan fingerprint density at radius 2 is 0.759 bits per heavy atom. The predicted octanol–water partition coefficient (Wildman–Crippen LogP) is 9.68. The van der Waals surface area contributed by atoms with Crippen LogP contribution < -0.4 is 18.9 Å². The van der Waals surface area contributed by atoms with E-state index in [9.17, 15) is 14.4 Å². The molecule has 0 saturated heterocycles. The summed E-state index contributed by atoms with van der Waals surface area (Å²) < 4.78 is 83.5. The molecular formula is C43H36F2O13. The second kappa shape index (κ2) is 20.6. The molecule has 6 rings (SSSR count). The maximum atomic E-state index is 15.5. The summed E-state index contributed by atoms with van der Waals surface area (Å²) in [7, 11) is 0. The van der Waals surface area contributed by atoms with Crippen LogP contribution in [0.15, 0.2) is 130 Å². The zero-order valence-corrected chi connectivity index (χ0v) is 30.8. The monoisotopic (exact) mass is 798 g/mol. The van der Waals surface area contributed by atoms with E-state index in [0.717, 1.165) is 11.1 Å². The zero-order valence-electron chi connectivity index (χ0n) is 30.8. The van der Waals surface area contributed by atoms with Crippen LogP contribution in [0.25, 0.3) is 0 Å². The molecule has 0 aliphatic carbocycles. The first-order valence-electron chi connectivity index (χ1n) is 17.8. The number of ether oxygens (including phenoxy) is 8. The fraction of sp³-hybridized carbons (Fsp3) is 0.186. The van der Waals surface area contributed by atoms with E-state index < -0.39 is 78.2 Å². The Hall–Kier alpha value is -7.29. The van der Waals surface area contributed by atoms with Gasteiger partial charge >= 0.3 is 30.4 Å². The third-order valence-corrected chi connectivity index (χ3v) is 8.04. The van der Waals surface area contributed by atoms with Crippen molar-refractivity contribution >= 4 is 18.5 Å². The summed E-state index contributed by atoms with van der Waals surface area (Å²) in [4.78, 5) is 37.9. The first kappa shape index (κ1) is 40.4. The van der Waals surface area contributed by atoms with E-state index in [1.807, 2.05) is 60.7 Å². The van der Waals surface area contributed by atoms with Crippen molar-refractivity contribution in [1.82, 2.24) is 0 Å². The van der Waals surface area contributed by atoms with E-state index in [1.54, 1.807) is 60.7 Å². The zero-order chi connectivity index (χ0) is 40.5. The van der Waals surface area contributed by atoms with Crippen molar-refractivity contribution in [3.05, 3.63) is 167 Å². The van der Waals surface area contributed by atoms with Gasteiger partial charge in [0.1, 0.15) is 13.2 Å². The lowest BCUT2D eigenvalue weighted by Crippen LogP contribution is -2.13. The molecule has 2 aromatic heterocycles. The quantitative estimate of drug-likeness (QED) is 0.0600. The van der Waals surface area contributed by atoms with E-state index >= 15 is 8.78 Å². The summed E-state index contributed by atoms with van der Waals surface area (Å²) in [6.45, 7) is -2.04. The number of carbonyl (C=O) groups excluding carboxylic acids is 3. The molecule has 300 valence electrons. The normalized spacial score (nSPS) is 10.7. The van der Waals surface area contributed by atoms with Gasteiger partial charge in [-0.05, 0) is 22.3 Å². The van der Waals surface area contributed by atoms with Crippen molar-refractivity contribution in [3.8, 4) is 23.4 Å². The molecule has 15 heteroatoms. The minimum absolute atomic E-state index is 0.0173. The summed E-state index contributed by atoms with van der Waals surface area (Å²) in [6, 6.07) is 35.8. The molecule has 0 unspecified atom stereocenters. The molecule has 0 fully saturated rings. The van der Waals surface area contributed by atoms with Crippen molar-refractivity contribution < 1.29 is 69.9 Å². The Balaban J connectivity index is 1.10. The number of halogens is 2. The smallest absolute Gasteiger partial charge is 0.463 e. The molecule has 58 heavy (non-hydrogen) atoms. The maximum Gasteiger partial charge on any atom is 0.514 e. The number of benzene rings is 4. The van der Waals surface area contributed by atoms with Crippen LogP contribution in [-0.4, -0.2) is 31.7 Å². The SMILES string of the molecule is O=C(OCc1oc(OCCc2ccccc2)c(F)c1OC(=O)OCc1ccccc1)OCc1oc(OCCc2ccccc2)c(F)c1OC(=O)OCc1ccccc1. The van der Waals surface area contributed by atoms with Gasteiger partial charge in [0.05, 0.1) is 13.2 Å². The summed E-state index contributed by atoms with van der Waals surface area (Å²) in [5.41, 5.74) is 3.09. The van der Waals surface area contributed by atoms with E-state index in [0.29, 0.717) is 24.0 Å². The highest BCUT2D eigenvalue weighted by molar-refractivity contribution is 5.66. The Labute approximate surface area is 330 Å². The summed E-state index contributed by atoms with van der Waals surface area (Å²) in [5, 5.41) is 0. The predicted molar refractivity (Wildman–Crippen MR) is 198 cm³/mol. The van der Waals surface area contributed by atoms with Crippen LogP contribution in [-0.2, 0) is 58.2 Å².